The van der Waals surface area contributed by atoms with Gasteiger partial charge < -0.3 is 4.74 Å². The average molecular weight is 406 g/mol. The van der Waals surface area contributed by atoms with Crippen molar-refractivity contribution < 1.29 is 13.9 Å². The molecule has 1 aromatic heterocycles. The van der Waals surface area contributed by atoms with Crippen molar-refractivity contribution in [3.05, 3.63) is 72.0 Å². The molecule has 146 valence electrons. The Bertz CT molecular complexity index is 1190. The van der Waals surface area contributed by atoms with Gasteiger partial charge in [0.1, 0.15) is 5.82 Å². The van der Waals surface area contributed by atoms with E-state index in [1.54, 1.807) is 11.0 Å². The standard InChI is InChI=1S/C23H19FN2O2S/c24-16-10-11-20-21(13-16)29-23(25-20)26(14-17-7-4-12-28-17)22(27)19-9-3-6-15-5-1-2-8-18(15)19/h1-3,5-6,8-11,13,17H,4,7,12,14H2. The van der Waals surface area contributed by atoms with E-state index in [-0.39, 0.29) is 17.8 Å². The lowest BCUT2D eigenvalue weighted by molar-refractivity contribution is 0.0919. The van der Waals surface area contributed by atoms with Gasteiger partial charge in [0.05, 0.1) is 22.9 Å². The molecule has 1 saturated heterocycles. The van der Waals surface area contributed by atoms with Gasteiger partial charge in [0.15, 0.2) is 5.13 Å². The van der Waals surface area contributed by atoms with Gasteiger partial charge in [0.2, 0.25) is 0 Å². The van der Waals surface area contributed by atoms with Crippen LogP contribution in [0.3, 0.4) is 0 Å². The molecule has 3 aromatic carbocycles. The van der Waals surface area contributed by atoms with Crippen LogP contribution in [0.25, 0.3) is 21.0 Å². The Hall–Kier alpha value is -2.83. The summed E-state index contributed by atoms with van der Waals surface area (Å²) >= 11 is 1.33. The van der Waals surface area contributed by atoms with Crippen molar-refractivity contribution in [3.8, 4) is 0 Å². The minimum absolute atomic E-state index is 0.0160. The van der Waals surface area contributed by atoms with Crippen molar-refractivity contribution in [2.24, 2.45) is 0 Å². The van der Waals surface area contributed by atoms with E-state index in [0.29, 0.717) is 29.4 Å². The Morgan fingerprint density at radius 2 is 2.03 bits per heavy atom. The fourth-order valence-corrected chi connectivity index (χ4v) is 4.80. The number of fused-ring (bicyclic) bond motifs is 2. The number of nitrogens with zero attached hydrogens (tertiary/aromatic N) is 2. The molecular weight excluding hydrogens is 387 g/mol. The quantitative estimate of drug-likeness (QED) is 0.455. The van der Waals surface area contributed by atoms with Crippen LogP contribution in [0.15, 0.2) is 60.7 Å². The molecule has 4 nitrogen and oxygen atoms in total. The SMILES string of the molecule is O=C(c1cccc2ccccc12)N(CC1CCCO1)c1nc2ccc(F)cc2s1. The van der Waals surface area contributed by atoms with E-state index >= 15 is 0 Å². The van der Waals surface area contributed by atoms with Crippen LogP contribution in [-0.2, 0) is 4.74 Å². The van der Waals surface area contributed by atoms with Crippen LogP contribution in [0, 0.1) is 5.82 Å². The summed E-state index contributed by atoms with van der Waals surface area (Å²) in [4.78, 5) is 20.0. The molecule has 1 amide bonds. The molecule has 29 heavy (non-hydrogen) atoms. The third kappa shape index (κ3) is 3.50. The first-order valence-electron chi connectivity index (χ1n) is 9.66. The summed E-state index contributed by atoms with van der Waals surface area (Å²) in [5.74, 6) is -0.421. The van der Waals surface area contributed by atoms with Crippen LogP contribution < -0.4 is 4.90 Å². The molecule has 1 aliphatic heterocycles. The van der Waals surface area contributed by atoms with E-state index < -0.39 is 0 Å². The first-order valence-corrected chi connectivity index (χ1v) is 10.5. The Morgan fingerprint density at radius 1 is 1.17 bits per heavy atom. The second-order valence-corrected chi connectivity index (χ2v) is 8.20. The van der Waals surface area contributed by atoms with Crippen molar-refractivity contribution >= 4 is 43.4 Å². The molecule has 2 heterocycles. The highest BCUT2D eigenvalue weighted by molar-refractivity contribution is 7.22. The summed E-state index contributed by atoms with van der Waals surface area (Å²) in [6, 6.07) is 18.1. The fourth-order valence-electron chi connectivity index (χ4n) is 3.80. The number of halogens is 1. The highest BCUT2D eigenvalue weighted by Crippen LogP contribution is 2.32. The van der Waals surface area contributed by atoms with Crippen molar-refractivity contribution in [2.45, 2.75) is 18.9 Å². The minimum Gasteiger partial charge on any atom is -0.376 e. The summed E-state index contributed by atoms with van der Waals surface area (Å²) in [5.41, 5.74) is 1.32. The minimum atomic E-state index is -0.307. The van der Waals surface area contributed by atoms with Gasteiger partial charge in [-0.2, -0.15) is 0 Å². The number of ether oxygens (including phenoxy) is 1. The molecule has 0 radical (unpaired) electrons. The molecule has 5 rings (SSSR count). The summed E-state index contributed by atoms with van der Waals surface area (Å²) in [6.45, 7) is 1.15. The zero-order valence-corrected chi connectivity index (χ0v) is 16.5. The summed E-state index contributed by atoms with van der Waals surface area (Å²) in [5, 5.41) is 2.49. The maximum atomic E-state index is 13.7. The van der Waals surface area contributed by atoms with Crippen LogP contribution in [0.4, 0.5) is 9.52 Å². The zero-order valence-electron chi connectivity index (χ0n) is 15.7. The second kappa shape index (κ2) is 7.54. The highest BCUT2D eigenvalue weighted by atomic mass is 32.1. The molecule has 1 unspecified atom stereocenters. The number of amides is 1. The van der Waals surface area contributed by atoms with Crippen LogP contribution in [-0.4, -0.2) is 30.1 Å². The van der Waals surface area contributed by atoms with Crippen molar-refractivity contribution in [1.82, 2.24) is 4.98 Å². The lowest BCUT2D eigenvalue weighted by Crippen LogP contribution is -2.37. The highest BCUT2D eigenvalue weighted by Gasteiger charge is 2.28. The number of hydrogen-bond donors (Lipinski definition) is 0. The second-order valence-electron chi connectivity index (χ2n) is 7.19. The Kier molecular flexibility index (Phi) is 4.73. The number of hydrogen-bond acceptors (Lipinski definition) is 4. The number of carbonyl (C=O) groups is 1. The average Bonchev–Trinajstić information content (AvgIpc) is 3.40. The van der Waals surface area contributed by atoms with E-state index in [9.17, 15) is 9.18 Å². The van der Waals surface area contributed by atoms with Crippen LogP contribution in [0.1, 0.15) is 23.2 Å². The van der Waals surface area contributed by atoms with Gasteiger partial charge >= 0.3 is 0 Å². The van der Waals surface area contributed by atoms with E-state index in [1.807, 2.05) is 42.5 Å². The molecule has 0 bridgehead atoms. The zero-order chi connectivity index (χ0) is 19.8. The summed E-state index contributed by atoms with van der Waals surface area (Å²) in [7, 11) is 0. The predicted molar refractivity (Wildman–Crippen MR) is 114 cm³/mol. The molecular formula is C23H19FN2O2S. The molecule has 4 aromatic rings. The largest absolute Gasteiger partial charge is 0.376 e. The third-order valence-electron chi connectivity index (χ3n) is 5.25. The topological polar surface area (TPSA) is 42.4 Å². The molecule has 0 aliphatic carbocycles. The monoisotopic (exact) mass is 406 g/mol. The maximum Gasteiger partial charge on any atom is 0.260 e. The van der Waals surface area contributed by atoms with Gasteiger partial charge in [-0.25, -0.2) is 9.37 Å². The van der Waals surface area contributed by atoms with Gasteiger partial charge in [-0.15, -0.1) is 0 Å². The van der Waals surface area contributed by atoms with Crippen LogP contribution in [0.2, 0.25) is 0 Å². The molecule has 0 N–H and O–H groups in total. The predicted octanol–water partition coefficient (Wildman–Crippen LogP) is 5.41. The van der Waals surface area contributed by atoms with E-state index in [1.165, 1.54) is 23.5 Å². The van der Waals surface area contributed by atoms with Crippen molar-refractivity contribution in [2.75, 3.05) is 18.1 Å². The third-order valence-corrected chi connectivity index (χ3v) is 6.29. The maximum absolute atomic E-state index is 13.7. The number of anilines is 1. The van der Waals surface area contributed by atoms with E-state index in [0.717, 1.165) is 28.3 Å². The molecule has 6 heteroatoms. The molecule has 1 atom stereocenters. The van der Waals surface area contributed by atoms with Crippen LogP contribution in [0.5, 0.6) is 0 Å². The van der Waals surface area contributed by atoms with Gasteiger partial charge in [0.25, 0.3) is 5.91 Å². The van der Waals surface area contributed by atoms with E-state index in [4.69, 9.17) is 4.74 Å². The smallest absolute Gasteiger partial charge is 0.260 e. The van der Waals surface area contributed by atoms with Crippen molar-refractivity contribution in [1.29, 1.82) is 0 Å². The lowest BCUT2D eigenvalue weighted by Gasteiger charge is -2.23. The molecule has 1 aliphatic rings. The van der Waals surface area contributed by atoms with Gasteiger partial charge in [-0.05, 0) is 47.9 Å². The first kappa shape index (κ1) is 18.2. The Balaban J connectivity index is 1.59. The number of rotatable bonds is 4. The Morgan fingerprint density at radius 3 is 2.90 bits per heavy atom. The molecule has 0 saturated carbocycles. The van der Waals surface area contributed by atoms with Gasteiger partial charge in [0, 0.05) is 12.2 Å². The van der Waals surface area contributed by atoms with Crippen LogP contribution >= 0.6 is 11.3 Å². The number of aromatic nitrogens is 1. The number of benzene rings is 3. The number of thiazole rings is 1. The van der Waals surface area contributed by atoms with Gasteiger partial charge in [-0.1, -0.05) is 47.7 Å². The van der Waals surface area contributed by atoms with Crippen molar-refractivity contribution in [3.63, 3.8) is 0 Å². The summed E-state index contributed by atoms with van der Waals surface area (Å²) in [6.07, 6.45) is 1.89. The van der Waals surface area contributed by atoms with E-state index in [2.05, 4.69) is 4.98 Å². The molecule has 0 spiro atoms. The molecule has 1 fully saturated rings. The normalized spacial score (nSPS) is 16.5. The number of carbonyl (C=O) groups excluding carboxylic acids is 1. The lowest BCUT2D eigenvalue weighted by atomic mass is 10.0. The Labute approximate surface area is 171 Å². The summed E-state index contributed by atoms with van der Waals surface area (Å²) < 4.78 is 20.2. The van der Waals surface area contributed by atoms with Gasteiger partial charge in [-0.3, -0.25) is 9.69 Å². The first-order chi connectivity index (χ1) is 14.2. The fraction of sp³-hybridized carbons (Fsp3) is 0.217.